The zero-order valence-electron chi connectivity index (χ0n) is 25.4. The van der Waals surface area contributed by atoms with Crippen molar-refractivity contribution in [3.05, 3.63) is 99.6 Å². The standard InChI is InChI=1S/C33H30F2N4O5.ClH/c1-17(2)39-16-23(31(40)29(19(39)4)22-9-7-20(34)13-18(22)3)32(41)37-21-8-10-26(24(35)14-21)44-27-11-12-36-25-15-28(42-5)33(43-6)38-30(25)27;/h7-17H,1-6H3,(H,37,41);1H. The molecule has 234 valence electrons. The summed E-state index contributed by atoms with van der Waals surface area (Å²) in [5.74, 6) is -1.22. The number of nitrogens with one attached hydrogen (secondary N) is 1. The van der Waals surface area contributed by atoms with Gasteiger partial charge >= 0.3 is 0 Å². The lowest BCUT2D eigenvalue weighted by Crippen LogP contribution is -2.27. The van der Waals surface area contributed by atoms with Crippen LogP contribution in [0.4, 0.5) is 14.5 Å². The number of aromatic nitrogens is 3. The SMILES string of the molecule is COc1cc2nccc(Oc3ccc(NC(=O)c4cn(C(C)C)c(C)c(-c5ccc(F)cc5C)c4=O)cc3F)c2nc1OC.Cl. The molecule has 0 unspecified atom stereocenters. The lowest BCUT2D eigenvalue weighted by molar-refractivity contribution is 0.102. The topological polar surface area (TPSA) is 105 Å². The van der Waals surface area contributed by atoms with Gasteiger partial charge in [-0.15, -0.1) is 12.4 Å². The van der Waals surface area contributed by atoms with Gasteiger partial charge in [-0.2, -0.15) is 0 Å². The number of carbonyl (C=O) groups excluding carboxylic acids is 1. The molecule has 0 radical (unpaired) electrons. The Hall–Kier alpha value is -5.03. The summed E-state index contributed by atoms with van der Waals surface area (Å²) < 4.78 is 47.3. The normalized spacial score (nSPS) is 10.9. The molecule has 0 saturated heterocycles. The maximum absolute atomic E-state index is 15.3. The molecule has 5 rings (SSSR count). The second-order valence-corrected chi connectivity index (χ2v) is 10.4. The molecule has 0 spiro atoms. The Bertz CT molecular complexity index is 1980. The molecular formula is C33H31ClF2N4O5. The number of rotatable bonds is 8. The highest BCUT2D eigenvalue weighted by Gasteiger charge is 2.22. The number of nitrogens with zero attached hydrogens (tertiary/aromatic N) is 3. The van der Waals surface area contributed by atoms with Crippen LogP contribution in [0.15, 0.2) is 65.7 Å². The van der Waals surface area contributed by atoms with Crippen molar-refractivity contribution >= 4 is 35.0 Å². The third-order valence-electron chi connectivity index (χ3n) is 7.18. The minimum Gasteiger partial charge on any atom is -0.491 e. The van der Waals surface area contributed by atoms with Crippen molar-refractivity contribution in [1.29, 1.82) is 0 Å². The highest BCUT2D eigenvalue weighted by atomic mass is 35.5. The van der Waals surface area contributed by atoms with Crippen LogP contribution < -0.4 is 25.0 Å². The van der Waals surface area contributed by atoms with Gasteiger partial charge in [-0.1, -0.05) is 6.07 Å². The van der Waals surface area contributed by atoms with Crippen LogP contribution in [0.3, 0.4) is 0 Å². The van der Waals surface area contributed by atoms with Gasteiger partial charge in [-0.25, -0.2) is 13.8 Å². The molecule has 0 aliphatic heterocycles. The molecule has 0 aliphatic carbocycles. The van der Waals surface area contributed by atoms with Gasteiger partial charge in [0.05, 0.1) is 19.7 Å². The van der Waals surface area contributed by atoms with E-state index in [1.54, 1.807) is 19.9 Å². The molecule has 0 atom stereocenters. The number of benzene rings is 2. The first-order chi connectivity index (χ1) is 21.0. The third-order valence-corrected chi connectivity index (χ3v) is 7.18. The van der Waals surface area contributed by atoms with Crippen molar-refractivity contribution in [2.45, 2.75) is 33.7 Å². The average molecular weight is 637 g/mol. The van der Waals surface area contributed by atoms with Gasteiger partial charge < -0.3 is 24.1 Å². The Kier molecular flexibility index (Phi) is 9.72. The highest BCUT2D eigenvalue weighted by molar-refractivity contribution is 6.05. The van der Waals surface area contributed by atoms with Crippen LogP contribution in [-0.4, -0.2) is 34.7 Å². The summed E-state index contributed by atoms with van der Waals surface area (Å²) in [4.78, 5) is 35.7. The van der Waals surface area contributed by atoms with Crippen molar-refractivity contribution in [2.75, 3.05) is 19.5 Å². The molecule has 0 saturated carbocycles. The van der Waals surface area contributed by atoms with Crippen LogP contribution >= 0.6 is 12.4 Å². The number of amides is 1. The third kappa shape index (κ3) is 6.44. The maximum atomic E-state index is 15.3. The van der Waals surface area contributed by atoms with E-state index in [1.807, 2.05) is 18.4 Å². The van der Waals surface area contributed by atoms with Crippen LogP contribution in [0, 0.1) is 25.5 Å². The number of hydrogen-bond acceptors (Lipinski definition) is 7. The van der Waals surface area contributed by atoms with E-state index >= 15 is 4.39 Å². The first-order valence-corrected chi connectivity index (χ1v) is 13.7. The summed E-state index contributed by atoms with van der Waals surface area (Å²) in [6, 6.07) is 11.1. The molecule has 2 aromatic carbocycles. The molecule has 0 bridgehead atoms. The predicted molar refractivity (Wildman–Crippen MR) is 170 cm³/mol. The first-order valence-electron chi connectivity index (χ1n) is 13.7. The van der Waals surface area contributed by atoms with Gasteiger partial charge in [0.1, 0.15) is 16.9 Å². The number of carbonyl (C=O) groups is 1. The number of halogens is 3. The van der Waals surface area contributed by atoms with Crippen LogP contribution in [0.1, 0.15) is 41.5 Å². The monoisotopic (exact) mass is 636 g/mol. The Morgan fingerprint density at radius 1 is 0.956 bits per heavy atom. The van der Waals surface area contributed by atoms with Gasteiger partial charge in [0, 0.05) is 53.6 Å². The lowest BCUT2D eigenvalue weighted by Gasteiger charge is -2.20. The lowest BCUT2D eigenvalue weighted by atomic mass is 9.96. The summed E-state index contributed by atoms with van der Waals surface area (Å²) in [6.07, 6.45) is 2.98. The van der Waals surface area contributed by atoms with Gasteiger partial charge in [-0.3, -0.25) is 14.6 Å². The largest absolute Gasteiger partial charge is 0.491 e. The van der Waals surface area contributed by atoms with E-state index in [0.717, 1.165) is 6.07 Å². The molecule has 12 heteroatoms. The molecule has 5 aromatic rings. The molecule has 1 amide bonds. The van der Waals surface area contributed by atoms with E-state index < -0.39 is 23.0 Å². The highest BCUT2D eigenvalue weighted by Crippen LogP contribution is 2.35. The molecular weight excluding hydrogens is 606 g/mol. The Balaban J connectivity index is 0.00000461. The zero-order valence-corrected chi connectivity index (χ0v) is 26.2. The fourth-order valence-corrected chi connectivity index (χ4v) is 5.01. The molecule has 1 N–H and O–H groups in total. The van der Waals surface area contributed by atoms with Gasteiger partial charge in [0.15, 0.2) is 23.1 Å². The molecule has 45 heavy (non-hydrogen) atoms. The van der Waals surface area contributed by atoms with E-state index in [-0.39, 0.29) is 47.1 Å². The fourth-order valence-electron chi connectivity index (χ4n) is 5.01. The van der Waals surface area contributed by atoms with E-state index in [9.17, 15) is 14.0 Å². The summed E-state index contributed by atoms with van der Waals surface area (Å²) in [5, 5.41) is 2.62. The Morgan fingerprint density at radius 3 is 2.36 bits per heavy atom. The molecule has 3 aromatic heterocycles. The van der Waals surface area contributed by atoms with Crippen LogP contribution in [0.5, 0.6) is 23.1 Å². The van der Waals surface area contributed by atoms with Crippen LogP contribution in [0.25, 0.3) is 22.2 Å². The molecule has 0 aliphatic rings. The summed E-state index contributed by atoms with van der Waals surface area (Å²) >= 11 is 0. The number of hydrogen-bond donors (Lipinski definition) is 1. The number of fused-ring (bicyclic) bond motifs is 1. The van der Waals surface area contributed by atoms with E-state index in [2.05, 4.69) is 15.3 Å². The Morgan fingerprint density at radius 2 is 1.71 bits per heavy atom. The number of methoxy groups -OCH3 is 2. The molecule has 3 heterocycles. The van der Waals surface area contributed by atoms with Gasteiger partial charge in [0.25, 0.3) is 11.8 Å². The maximum Gasteiger partial charge on any atom is 0.261 e. The first kappa shape index (κ1) is 32.9. The molecule has 9 nitrogen and oxygen atoms in total. The average Bonchev–Trinajstić information content (AvgIpc) is 2.98. The van der Waals surface area contributed by atoms with Crippen molar-refractivity contribution in [2.24, 2.45) is 0 Å². The summed E-state index contributed by atoms with van der Waals surface area (Å²) in [6.45, 7) is 7.32. The van der Waals surface area contributed by atoms with Crippen molar-refractivity contribution < 1.29 is 27.8 Å². The number of pyridine rings is 3. The van der Waals surface area contributed by atoms with Crippen molar-refractivity contribution in [1.82, 2.24) is 14.5 Å². The summed E-state index contributed by atoms with van der Waals surface area (Å²) in [5.41, 5.74) is 2.26. The second kappa shape index (κ2) is 13.3. The number of aryl methyl sites for hydroxylation is 1. The van der Waals surface area contributed by atoms with E-state index in [4.69, 9.17) is 14.2 Å². The number of ether oxygens (including phenoxy) is 3. The van der Waals surface area contributed by atoms with Crippen LogP contribution in [0.2, 0.25) is 0 Å². The fraction of sp³-hybridized carbons (Fsp3) is 0.212. The van der Waals surface area contributed by atoms with Crippen molar-refractivity contribution in [3.8, 4) is 34.3 Å². The smallest absolute Gasteiger partial charge is 0.261 e. The Labute approximate surface area is 264 Å². The van der Waals surface area contributed by atoms with Crippen molar-refractivity contribution in [3.63, 3.8) is 0 Å². The van der Waals surface area contributed by atoms with Crippen LogP contribution in [-0.2, 0) is 0 Å². The number of anilines is 1. The van der Waals surface area contributed by atoms with E-state index in [1.165, 1.54) is 63.0 Å². The van der Waals surface area contributed by atoms with E-state index in [0.29, 0.717) is 39.2 Å². The zero-order chi connectivity index (χ0) is 31.7. The summed E-state index contributed by atoms with van der Waals surface area (Å²) in [7, 11) is 2.92. The molecule has 0 fully saturated rings. The minimum atomic E-state index is -0.764. The van der Waals surface area contributed by atoms with Gasteiger partial charge in [0.2, 0.25) is 5.43 Å². The van der Waals surface area contributed by atoms with Gasteiger partial charge in [-0.05, 0) is 63.1 Å². The quantitative estimate of drug-likeness (QED) is 0.189. The second-order valence-electron chi connectivity index (χ2n) is 10.4. The predicted octanol–water partition coefficient (Wildman–Crippen LogP) is 7.42. The minimum absolute atomic E-state index is 0.